The molecule has 724 valence electrons. The van der Waals surface area contributed by atoms with Crippen molar-refractivity contribution in [2.45, 2.75) is 211 Å². The molecular weight excluding hydrogens is 1880 g/mol. The fourth-order valence-electron chi connectivity index (χ4n) is 16.7. The quantitative estimate of drug-likeness (QED) is 0.0449. The highest BCUT2D eigenvalue weighted by Crippen LogP contribution is 2.51. The standard InChI is InChI=1S/C24H25Cl2NO2.C24H26ClNO2.C23H23Cl2NO2.2C23H24ClNO2/c1-13-11-20-18(9-7-14(2)27-20)22(17-10-8-16(25)12-19(17)26)21(13)23(15(3)28)29-24(4,5)6;1-14-13-20-19(12-7-15(2)26-20)22(17-8-10-18(25)11-9-17)21(14)23(16(3)27)28-24(4,5)6;1-13-6-11-17-19(26-13)12-18(25)21(22(14(2)27)28-23(3,4)5)20(17)15-7-9-16(24)10-8-15;1-14-13-19-18(7-6-12-25-19)21(16-8-10-17(24)11-9-16)20(14)22(15(2)26)27-23(3,4)5;1-14-13-17-7-6-12-25-21(17)20(16-8-10-18(24)11-9-16)19(14)22(15(2)26)27-23(3,4)5/h7-12,23,28H,3H2,1-2,4-6H3;7-13,23,27H,3H2,1-2,4-6H3;6-12,22,27H,2H2,1,3-5H3;2*6-13,22,26H,2H2,1,3-5H3/t2*23-;3*22-/m11111/s1. The zero-order valence-electron chi connectivity index (χ0n) is 82.9. The molecule has 0 amide bonds. The molecule has 0 bridgehead atoms. The van der Waals surface area contributed by atoms with Crippen LogP contribution in [-0.2, 0) is 23.7 Å². The van der Waals surface area contributed by atoms with E-state index < -0.39 is 58.5 Å². The largest absolute Gasteiger partial charge is 0.510 e. The van der Waals surface area contributed by atoms with E-state index in [2.05, 4.69) is 60.0 Å². The number of fused-ring (bicyclic) bond motifs is 5. The molecule has 0 unspecified atom stereocenters. The summed E-state index contributed by atoms with van der Waals surface area (Å²) in [6, 6.07) is 65.7. The van der Waals surface area contributed by atoms with Crippen molar-refractivity contribution >= 4 is 136 Å². The van der Waals surface area contributed by atoms with Crippen LogP contribution in [-0.4, -0.2) is 78.5 Å². The third-order valence-corrected chi connectivity index (χ3v) is 24.0. The van der Waals surface area contributed by atoms with Crippen LogP contribution >= 0.6 is 81.2 Å². The number of nitrogens with zero attached hydrogens (tertiary/aromatic N) is 5. The lowest BCUT2D eigenvalue weighted by Crippen LogP contribution is -2.24. The van der Waals surface area contributed by atoms with Gasteiger partial charge in [-0.1, -0.05) is 199 Å². The van der Waals surface area contributed by atoms with Crippen LogP contribution in [0.15, 0.2) is 280 Å². The van der Waals surface area contributed by atoms with E-state index in [0.29, 0.717) is 40.7 Å². The molecule has 0 aliphatic carbocycles. The molecule has 10 aromatic carbocycles. The minimum absolute atomic E-state index is 0.0207. The Kier molecular flexibility index (Phi) is 34.8. The fourth-order valence-corrected chi connectivity index (χ4v) is 18.0. The number of pyridine rings is 5. The molecule has 0 aliphatic heterocycles. The summed E-state index contributed by atoms with van der Waals surface area (Å²) in [7, 11) is 0. The third kappa shape index (κ3) is 27.5. The summed E-state index contributed by atoms with van der Waals surface area (Å²) in [6.45, 7) is 62.0. The van der Waals surface area contributed by atoms with E-state index in [-0.39, 0.29) is 28.8 Å². The molecular formula is C117H122Cl7N5O10. The molecule has 15 aromatic rings. The maximum absolute atomic E-state index is 10.5. The minimum atomic E-state index is -0.788. The number of ether oxygens (including phenoxy) is 5. The highest BCUT2D eigenvalue weighted by Gasteiger charge is 2.36. The van der Waals surface area contributed by atoms with Crippen LogP contribution in [0.2, 0.25) is 35.2 Å². The second-order valence-corrected chi connectivity index (χ2v) is 42.4. The van der Waals surface area contributed by atoms with Crippen LogP contribution < -0.4 is 0 Å². The fraction of sp³-hybridized carbons (Fsp3) is 0.274. The number of rotatable bonds is 20. The SMILES string of the molecule is C=C(O)[C@@H](OC(C)(C)C)c1c(C)cc2cccnc2c1-c1ccc(Cl)cc1.C=C(O)[C@@H](OC(C)(C)C)c1c(C)cc2nc(C)ccc2c1-c1ccc(Cl)cc1.C=C(O)[C@@H](OC(C)(C)C)c1c(C)cc2nc(C)ccc2c1-c1ccc(Cl)cc1Cl.C=C(O)[C@@H](OC(C)(C)C)c1c(C)cc2ncccc2c1-c1ccc(Cl)cc1.C=C(O)[C@@H](OC(C)(C)C)c1c(Cl)cc2nc(C)ccc2c1-c1ccc(Cl)cc1. The minimum Gasteiger partial charge on any atom is -0.510 e. The van der Waals surface area contributed by atoms with Gasteiger partial charge in [0.05, 0.1) is 55.6 Å². The van der Waals surface area contributed by atoms with Gasteiger partial charge in [0.25, 0.3) is 0 Å². The predicted octanol–water partition coefficient (Wildman–Crippen LogP) is 35.9. The topological polar surface area (TPSA) is 212 Å². The van der Waals surface area contributed by atoms with Gasteiger partial charge in [-0.2, -0.15) is 0 Å². The van der Waals surface area contributed by atoms with Crippen LogP contribution in [0.1, 0.15) is 202 Å². The van der Waals surface area contributed by atoms with E-state index in [1.54, 1.807) is 30.6 Å². The molecule has 0 radical (unpaired) electrons. The number of benzene rings is 10. The van der Waals surface area contributed by atoms with Crippen molar-refractivity contribution in [3.05, 3.63) is 383 Å². The Morgan fingerprint density at radius 1 is 0.273 bits per heavy atom. The Hall–Kier alpha value is -11.2. The predicted molar refractivity (Wildman–Crippen MR) is 581 cm³/mol. The van der Waals surface area contributed by atoms with Crippen molar-refractivity contribution < 1.29 is 49.2 Å². The molecule has 22 heteroatoms. The van der Waals surface area contributed by atoms with Gasteiger partial charge in [0.2, 0.25) is 0 Å². The first-order valence-electron chi connectivity index (χ1n) is 45.4. The van der Waals surface area contributed by atoms with Gasteiger partial charge < -0.3 is 49.2 Å². The Morgan fingerprint density at radius 3 is 0.892 bits per heavy atom. The Balaban J connectivity index is 0.000000166. The highest BCUT2D eigenvalue weighted by atomic mass is 35.5. The summed E-state index contributed by atoms with van der Waals surface area (Å²) < 4.78 is 31.0. The average molecular weight is 2010 g/mol. The van der Waals surface area contributed by atoms with E-state index in [9.17, 15) is 25.5 Å². The van der Waals surface area contributed by atoms with E-state index in [1.807, 2.05) is 328 Å². The summed E-state index contributed by atoms with van der Waals surface area (Å²) in [5, 5.41) is 61.1. The summed E-state index contributed by atoms with van der Waals surface area (Å²) >= 11 is 43.9. The molecule has 5 atom stereocenters. The number of aryl methyl sites for hydroxylation is 7. The van der Waals surface area contributed by atoms with Crippen molar-refractivity contribution in [1.82, 2.24) is 24.9 Å². The van der Waals surface area contributed by atoms with Crippen LogP contribution in [0.3, 0.4) is 0 Å². The normalized spacial score (nSPS) is 12.9. The highest BCUT2D eigenvalue weighted by molar-refractivity contribution is 6.37. The summed E-state index contributed by atoms with van der Waals surface area (Å²) in [5.74, 6) is -0.238. The summed E-state index contributed by atoms with van der Waals surface area (Å²) in [4.78, 5) is 23.2. The number of halogens is 7. The second kappa shape index (κ2) is 44.7. The van der Waals surface area contributed by atoms with Crippen molar-refractivity contribution in [3.63, 3.8) is 0 Å². The van der Waals surface area contributed by atoms with Gasteiger partial charge in [-0.05, 0) is 357 Å². The van der Waals surface area contributed by atoms with Crippen LogP contribution in [0.4, 0.5) is 0 Å². The number of aliphatic hydroxyl groups is 5. The van der Waals surface area contributed by atoms with Crippen LogP contribution in [0.5, 0.6) is 0 Å². The van der Waals surface area contributed by atoms with E-state index >= 15 is 0 Å². The monoisotopic (exact) mass is 2000 g/mol. The smallest absolute Gasteiger partial charge is 0.141 e. The molecule has 139 heavy (non-hydrogen) atoms. The third-order valence-electron chi connectivity index (χ3n) is 22.1. The average Bonchev–Trinajstić information content (AvgIpc) is 0.757. The van der Waals surface area contributed by atoms with E-state index in [4.69, 9.17) is 115 Å². The Morgan fingerprint density at radius 2 is 0.547 bits per heavy atom. The maximum atomic E-state index is 10.5. The zero-order chi connectivity index (χ0) is 102. The number of hydrogen-bond acceptors (Lipinski definition) is 15. The first-order valence-corrected chi connectivity index (χ1v) is 48.0. The maximum Gasteiger partial charge on any atom is 0.141 e. The first-order chi connectivity index (χ1) is 64.9. The lowest BCUT2D eigenvalue weighted by atomic mass is 9.88. The van der Waals surface area contributed by atoms with Crippen molar-refractivity contribution in [1.29, 1.82) is 0 Å². The van der Waals surface area contributed by atoms with Crippen molar-refractivity contribution in [3.8, 4) is 55.6 Å². The van der Waals surface area contributed by atoms with E-state index in [1.165, 1.54) is 0 Å². The molecule has 0 aliphatic rings. The molecule has 15 rings (SSSR count). The second-order valence-electron chi connectivity index (χ2n) is 39.4. The van der Waals surface area contributed by atoms with Gasteiger partial charge in [0.15, 0.2) is 0 Å². The van der Waals surface area contributed by atoms with Gasteiger partial charge in [-0.25, -0.2) is 0 Å². The Bertz CT molecular complexity index is 6780. The summed E-state index contributed by atoms with van der Waals surface area (Å²) in [5.41, 5.74) is 21.9. The molecule has 5 aromatic heterocycles. The molecule has 0 spiro atoms. The van der Waals surface area contributed by atoms with Gasteiger partial charge in [-0.3, -0.25) is 24.9 Å². The van der Waals surface area contributed by atoms with Crippen LogP contribution in [0, 0.1) is 48.5 Å². The van der Waals surface area contributed by atoms with Crippen LogP contribution in [0.25, 0.3) is 110 Å². The van der Waals surface area contributed by atoms with Crippen molar-refractivity contribution in [2.24, 2.45) is 0 Å². The zero-order valence-corrected chi connectivity index (χ0v) is 88.2. The molecule has 15 nitrogen and oxygen atoms in total. The first kappa shape index (κ1) is 108. The van der Waals surface area contributed by atoms with Gasteiger partial charge >= 0.3 is 0 Å². The molecule has 0 saturated carbocycles. The molecule has 0 fully saturated rings. The molecule has 5 heterocycles. The summed E-state index contributed by atoms with van der Waals surface area (Å²) in [6.07, 6.45) is 0.0696. The number of aliphatic hydroxyl groups excluding tert-OH is 5. The van der Waals surface area contributed by atoms with E-state index in [0.717, 1.165) is 172 Å². The lowest BCUT2D eigenvalue weighted by Gasteiger charge is -2.30. The molecule has 0 saturated heterocycles. The van der Waals surface area contributed by atoms with Gasteiger partial charge in [-0.15, -0.1) is 0 Å². The van der Waals surface area contributed by atoms with Crippen molar-refractivity contribution in [2.75, 3.05) is 0 Å². The number of aromatic nitrogens is 5. The van der Waals surface area contributed by atoms with Gasteiger partial charge in [0, 0.05) is 114 Å². The Labute approximate surface area is 852 Å². The lowest BCUT2D eigenvalue weighted by molar-refractivity contribution is -0.0596. The van der Waals surface area contributed by atoms with Gasteiger partial charge in [0.1, 0.15) is 59.3 Å². The number of hydrogen-bond donors (Lipinski definition) is 5. The molecule has 5 N–H and O–H groups in total.